The molecule has 0 aliphatic heterocycles. The minimum atomic E-state index is 0. The predicted octanol–water partition coefficient (Wildman–Crippen LogP) is 0.871. The number of likely N-dealkylation sites (N-methyl/N-ethyl adjacent to an activating group) is 1. The molecule has 130 valence electrons. The number of halogens is 1. The molecule has 4 heteroatoms. The van der Waals surface area contributed by atoms with Crippen LogP contribution in [0.15, 0.2) is 0 Å². The lowest BCUT2D eigenvalue weighted by Gasteiger charge is -2.34. The highest BCUT2D eigenvalue weighted by molar-refractivity contribution is 4.44. The molecule has 0 saturated carbocycles. The molecule has 0 fully saturated rings. The van der Waals surface area contributed by atoms with Gasteiger partial charge in [0.2, 0.25) is 0 Å². The molecular formula is C17H38INO2. The van der Waals surface area contributed by atoms with E-state index >= 15 is 0 Å². The molecule has 0 aliphatic rings. The van der Waals surface area contributed by atoms with Crippen LogP contribution >= 0.6 is 0 Å². The lowest BCUT2D eigenvalue weighted by Crippen LogP contribution is -3.00. The lowest BCUT2D eigenvalue weighted by molar-refractivity contribution is -0.910. The van der Waals surface area contributed by atoms with Crippen LogP contribution in [-0.2, 0) is 9.47 Å². The summed E-state index contributed by atoms with van der Waals surface area (Å²) in [6.07, 6.45) is 7.56. The molecule has 21 heavy (non-hydrogen) atoms. The average Bonchev–Trinajstić information content (AvgIpc) is 2.46. The zero-order chi connectivity index (χ0) is 15.1. The Kier molecular flexibility index (Phi) is 19.3. The smallest absolute Gasteiger partial charge is 0.102 e. The van der Waals surface area contributed by atoms with E-state index in [1.807, 2.05) is 0 Å². The molecule has 0 amide bonds. The molecule has 0 bridgehead atoms. The van der Waals surface area contributed by atoms with E-state index in [2.05, 4.69) is 27.8 Å². The maximum atomic E-state index is 5.73. The molecule has 3 nitrogen and oxygen atoms in total. The van der Waals surface area contributed by atoms with Crippen molar-refractivity contribution < 1.29 is 37.9 Å². The summed E-state index contributed by atoms with van der Waals surface area (Å²) in [4.78, 5) is 0. The van der Waals surface area contributed by atoms with Gasteiger partial charge in [0.25, 0.3) is 0 Å². The second kappa shape index (κ2) is 17.0. The van der Waals surface area contributed by atoms with Crippen molar-refractivity contribution >= 4 is 0 Å². The van der Waals surface area contributed by atoms with Crippen molar-refractivity contribution in [2.24, 2.45) is 0 Å². The standard InChI is InChI=1S/C17H38NO2.HI/c1-5-8-11-18(4,12-9-6-2)13-15-20-17-16-19-14-10-7-3;/h5-17H2,1-4H3;1H/q+1;/p-1. The number of nitrogens with zero attached hydrogens (tertiary/aromatic N) is 1. The van der Waals surface area contributed by atoms with E-state index in [0.717, 1.165) is 39.4 Å². The molecule has 0 heterocycles. The summed E-state index contributed by atoms with van der Waals surface area (Å²) < 4.78 is 12.4. The summed E-state index contributed by atoms with van der Waals surface area (Å²) >= 11 is 0. The van der Waals surface area contributed by atoms with Crippen LogP contribution in [0.25, 0.3) is 0 Å². The van der Waals surface area contributed by atoms with Gasteiger partial charge in [0.05, 0.1) is 40.0 Å². The molecule has 0 aromatic rings. The van der Waals surface area contributed by atoms with Gasteiger partial charge in [0.15, 0.2) is 0 Å². The van der Waals surface area contributed by atoms with Crippen LogP contribution in [0.1, 0.15) is 59.3 Å². The maximum absolute atomic E-state index is 5.73. The third kappa shape index (κ3) is 15.3. The van der Waals surface area contributed by atoms with Crippen LogP contribution in [0.5, 0.6) is 0 Å². The van der Waals surface area contributed by atoms with Gasteiger partial charge in [-0.1, -0.05) is 40.0 Å². The van der Waals surface area contributed by atoms with Crippen LogP contribution in [0, 0.1) is 0 Å². The van der Waals surface area contributed by atoms with Crippen molar-refractivity contribution in [3.05, 3.63) is 0 Å². The first kappa shape index (κ1) is 23.9. The zero-order valence-electron chi connectivity index (χ0n) is 14.8. The molecule has 0 N–H and O–H groups in total. The van der Waals surface area contributed by atoms with E-state index in [9.17, 15) is 0 Å². The van der Waals surface area contributed by atoms with Crippen LogP contribution in [0.3, 0.4) is 0 Å². The summed E-state index contributed by atoms with van der Waals surface area (Å²) in [5.74, 6) is 0. The predicted molar refractivity (Wildman–Crippen MR) is 87.1 cm³/mol. The number of hydrogen-bond acceptors (Lipinski definition) is 2. The maximum Gasteiger partial charge on any atom is 0.102 e. The molecule has 0 spiro atoms. The Hall–Kier alpha value is 0.610. The summed E-state index contributed by atoms with van der Waals surface area (Å²) in [6, 6.07) is 0. The fourth-order valence-corrected chi connectivity index (χ4v) is 2.27. The van der Waals surface area contributed by atoms with Gasteiger partial charge in [0, 0.05) is 6.61 Å². The van der Waals surface area contributed by atoms with Crippen molar-refractivity contribution in [2.75, 3.05) is 53.1 Å². The quantitative estimate of drug-likeness (QED) is 0.225. The van der Waals surface area contributed by atoms with E-state index < -0.39 is 0 Å². The van der Waals surface area contributed by atoms with Crippen LogP contribution in [-0.4, -0.2) is 57.6 Å². The summed E-state index contributed by atoms with van der Waals surface area (Å²) in [6.45, 7) is 13.7. The monoisotopic (exact) mass is 415 g/mol. The largest absolute Gasteiger partial charge is 1.00 e. The fraction of sp³-hybridized carbons (Fsp3) is 1.00. The van der Waals surface area contributed by atoms with Crippen LogP contribution in [0.2, 0.25) is 0 Å². The topological polar surface area (TPSA) is 18.5 Å². The number of rotatable bonds is 15. The number of unbranched alkanes of at least 4 members (excludes halogenated alkanes) is 3. The Bertz CT molecular complexity index is 195. The van der Waals surface area contributed by atoms with Gasteiger partial charge in [-0.15, -0.1) is 0 Å². The highest BCUT2D eigenvalue weighted by Gasteiger charge is 2.19. The molecule has 0 aromatic carbocycles. The number of hydrogen-bond donors (Lipinski definition) is 0. The summed E-state index contributed by atoms with van der Waals surface area (Å²) in [7, 11) is 2.38. The van der Waals surface area contributed by atoms with Crippen molar-refractivity contribution in [1.29, 1.82) is 0 Å². The molecule has 0 aliphatic carbocycles. The third-order valence-corrected chi connectivity index (χ3v) is 3.89. The van der Waals surface area contributed by atoms with Gasteiger partial charge < -0.3 is 37.9 Å². The van der Waals surface area contributed by atoms with Gasteiger partial charge in [-0.25, -0.2) is 0 Å². The van der Waals surface area contributed by atoms with E-state index in [1.165, 1.54) is 49.7 Å². The van der Waals surface area contributed by atoms with Crippen LogP contribution < -0.4 is 24.0 Å². The highest BCUT2D eigenvalue weighted by atomic mass is 127. The first-order valence-corrected chi connectivity index (χ1v) is 8.67. The minimum absolute atomic E-state index is 0. The van der Waals surface area contributed by atoms with Gasteiger partial charge >= 0.3 is 0 Å². The van der Waals surface area contributed by atoms with Crippen molar-refractivity contribution in [2.45, 2.75) is 59.3 Å². The second-order valence-electron chi connectivity index (χ2n) is 6.08. The average molecular weight is 415 g/mol. The van der Waals surface area contributed by atoms with E-state index in [-0.39, 0.29) is 24.0 Å². The van der Waals surface area contributed by atoms with Gasteiger partial charge in [-0.05, 0) is 19.3 Å². The minimum Gasteiger partial charge on any atom is -1.00 e. The Labute approximate surface area is 150 Å². The van der Waals surface area contributed by atoms with Gasteiger partial charge in [0.1, 0.15) is 6.54 Å². The van der Waals surface area contributed by atoms with Gasteiger partial charge in [-0.2, -0.15) is 0 Å². The third-order valence-electron chi connectivity index (χ3n) is 3.89. The van der Waals surface area contributed by atoms with E-state index in [4.69, 9.17) is 9.47 Å². The highest BCUT2D eigenvalue weighted by Crippen LogP contribution is 2.08. The molecule has 0 rings (SSSR count). The first-order valence-electron chi connectivity index (χ1n) is 8.67. The van der Waals surface area contributed by atoms with Crippen LogP contribution in [0.4, 0.5) is 0 Å². The second-order valence-corrected chi connectivity index (χ2v) is 6.08. The molecular weight excluding hydrogens is 377 g/mol. The Balaban J connectivity index is 0. The normalized spacial score (nSPS) is 11.4. The molecule has 0 atom stereocenters. The first-order chi connectivity index (χ1) is 9.68. The lowest BCUT2D eigenvalue weighted by atomic mass is 10.2. The summed E-state index contributed by atoms with van der Waals surface area (Å²) in [5.41, 5.74) is 0. The molecule has 0 saturated heterocycles. The van der Waals surface area contributed by atoms with Crippen molar-refractivity contribution in [3.63, 3.8) is 0 Å². The summed E-state index contributed by atoms with van der Waals surface area (Å²) in [5, 5.41) is 0. The van der Waals surface area contributed by atoms with Gasteiger partial charge in [-0.3, -0.25) is 0 Å². The zero-order valence-corrected chi connectivity index (χ0v) is 17.0. The Morgan fingerprint density at radius 3 is 1.57 bits per heavy atom. The van der Waals surface area contributed by atoms with E-state index in [1.54, 1.807) is 0 Å². The van der Waals surface area contributed by atoms with Crippen molar-refractivity contribution in [3.8, 4) is 0 Å². The number of quaternary nitrogens is 1. The molecule has 0 radical (unpaired) electrons. The molecule has 0 unspecified atom stereocenters. The van der Waals surface area contributed by atoms with Crippen molar-refractivity contribution in [1.82, 2.24) is 0 Å². The SMILES string of the molecule is CCCCOCCOCC[N+](C)(CCCC)CCCC.[I-]. The molecule has 0 aromatic heterocycles. The van der Waals surface area contributed by atoms with E-state index in [0.29, 0.717) is 0 Å². The fourth-order valence-electron chi connectivity index (χ4n) is 2.27. The Morgan fingerprint density at radius 2 is 1.10 bits per heavy atom. The Morgan fingerprint density at radius 1 is 0.619 bits per heavy atom. The number of ether oxygens (including phenoxy) is 2.